The molecule has 0 bridgehead atoms. The molecule has 7 nitrogen and oxygen atoms in total. The summed E-state index contributed by atoms with van der Waals surface area (Å²) < 4.78 is 27.7. The van der Waals surface area contributed by atoms with Gasteiger partial charge in [0.1, 0.15) is 0 Å². The van der Waals surface area contributed by atoms with E-state index < -0.39 is 9.84 Å². The van der Waals surface area contributed by atoms with E-state index in [4.69, 9.17) is 4.52 Å². The summed E-state index contributed by atoms with van der Waals surface area (Å²) in [5.41, 5.74) is 1.88. The minimum absolute atomic E-state index is 0.0564. The normalized spacial score (nSPS) is 11.3. The lowest BCUT2D eigenvalue weighted by atomic mass is 10.1. The number of carbonyl (C=O) groups is 1. The average molecular weight is 371 g/mol. The molecule has 0 unspecified atom stereocenters. The number of nitrogens with one attached hydrogen (secondary N) is 1. The molecule has 0 fully saturated rings. The third-order valence-electron chi connectivity index (χ3n) is 3.55. The third-order valence-corrected chi connectivity index (χ3v) is 4.40. The Balaban J connectivity index is 1.60. The summed E-state index contributed by atoms with van der Waals surface area (Å²) in [5.74, 6) is 0.389. The van der Waals surface area contributed by atoms with Crippen LogP contribution in [0.1, 0.15) is 21.8 Å². The van der Waals surface area contributed by atoms with E-state index in [0.29, 0.717) is 22.8 Å². The predicted molar refractivity (Wildman–Crippen MR) is 95.9 cm³/mol. The van der Waals surface area contributed by atoms with Crippen LogP contribution in [0.4, 0.5) is 0 Å². The summed E-state index contributed by atoms with van der Waals surface area (Å²) in [5, 5.41) is 6.58. The van der Waals surface area contributed by atoms with Crippen LogP contribution in [0.5, 0.6) is 0 Å². The fourth-order valence-electron chi connectivity index (χ4n) is 2.34. The Bertz CT molecular complexity index is 996. The van der Waals surface area contributed by atoms with Gasteiger partial charge in [0.05, 0.1) is 12.3 Å². The lowest BCUT2D eigenvalue weighted by Gasteiger charge is -2.04. The summed E-state index contributed by atoms with van der Waals surface area (Å²) in [7, 11) is -3.11. The van der Waals surface area contributed by atoms with E-state index in [0.717, 1.165) is 5.56 Å². The van der Waals surface area contributed by atoms with E-state index in [1.54, 1.807) is 24.3 Å². The quantitative estimate of drug-likeness (QED) is 0.713. The molecule has 134 valence electrons. The van der Waals surface area contributed by atoms with Gasteiger partial charge in [-0.2, -0.15) is 4.98 Å². The van der Waals surface area contributed by atoms with Crippen molar-refractivity contribution in [1.29, 1.82) is 0 Å². The Hall–Kier alpha value is -3.00. The van der Waals surface area contributed by atoms with Crippen LogP contribution in [0, 0.1) is 0 Å². The van der Waals surface area contributed by atoms with Crippen molar-refractivity contribution < 1.29 is 17.7 Å². The van der Waals surface area contributed by atoms with Crippen LogP contribution in [0.2, 0.25) is 0 Å². The van der Waals surface area contributed by atoms with Gasteiger partial charge in [0, 0.05) is 17.4 Å². The van der Waals surface area contributed by atoms with E-state index in [1.807, 2.05) is 30.3 Å². The topological polar surface area (TPSA) is 102 Å². The second kappa shape index (κ2) is 7.49. The molecule has 3 rings (SSSR count). The Labute approximate surface area is 151 Å². The number of aromatic nitrogens is 2. The van der Waals surface area contributed by atoms with Crippen molar-refractivity contribution in [3.8, 4) is 11.4 Å². The smallest absolute Gasteiger partial charge is 0.251 e. The highest BCUT2D eigenvalue weighted by Gasteiger charge is 2.11. The number of rotatable bonds is 6. The van der Waals surface area contributed by atoms with E-state index in [2.05, 4.69) is 15.5 Å². The van der Waals surface area contributed by atoms with Crippen LogP contribution in [0.3, 0.4) is 0 Å². The fourth-order valence-corrected chi connectivity index (χ4v) is 3.14. The molecule has 8 heteroatoms. The zero-order chi connectivity index (χ0) is 18.6. The highest BCUT2D eigenvalue weighted by Crippen LogP contribution is 2.14. The first-order chi connectivity index (χ1) is 12.4. The summed E-state index contributed by atoms with van der Waals surface area (Å²) in [6.45, 7) is 0.101. The number of nitrogens with zero attached hydrogens (tertiary/aromatic N) is 2. The molecule has 1 heterocycles. The molecule has 2 aromatic carbocycles. The van der Waals surface area contributed by atoms with Gasteiger partial charge >= 0.3 is 0 Å². The third kappa shape index (κ3) is 4.76. The lowest BCUT2D eigenvalue weighted by Crippen LogP contribution is -2.22. The molecule has 3 aromatic rings. The van der Waals surface area contributed by atoms with Gasteiger partial charge in [-0.05, 0) is 17.7 Å². The number of hydrogen-bond acceptors (Lipinski definition) is 6. The van der Waals surface area contributed by atoms with E-state index >= 15 is 0 Å². The molecule has 0 saturated heterocycles. The number of amides is 1. The summed E-state index contributed by atoms with van der Waals surface area (Å²) in [4.78, 5) is 16.4. The van der Waals surface area contributed by atoms with Crippen molar-refractivity contribution in [2.24, 2.45) is 0 Å². The Morgan fingerprint density at radius 1 is 1.08 bits per heavy atom. The van der Waals surface area contributed by atoms with Gasteiger partial charge in [0.15, 0.2) is 9.84 Å². The SMILES string of the molecule is CS(=O)(=O)Cc1ccc(C(=O)NCc2nc(-c3ccccc3)no2)cc1. The van der Waals surface area contributed by atoms with Gasteiger partial charge in [-0.1, -0.05) is 47.6 Å². The van der Waals surface area contributed by atoms with Crippen LogP contribution < -0.4 is 5.32 Å². The van der Waals surface area contributed by atoms with Gasteiger partial charge in [0.2, 0.25) is 11.7 Å². The summed E-state index contributed by atoms with van der Waals surface area (Å²) in [6.07, 6.45) is 1.17. The Morgan fingerprint density at radius 3 is 2.42 bits per heavy atom. The summed E-state index contributed by atoms with van der Waals surface area (Å²) in [6, 6.07) is 15.8. The molecule has 26 heavy (non-hydrogen) atoms. The van der Waals surface area contributed by atoms with Gasteiger partial charge in [0.25, 0.3) is 5.91 Å². The predicted octanol–water partition coefficient (Wildman–Crippen LogP) is 2.21. The van der Waals surface area contributed by atoms with Crippen molar-refractivity contribution in [2.45, 2.75) is 12.3 Å². The first kappa shape index (κ1) is 17.8. The molecular weight excluding hydrogens is 354 g/mol. The zero-order valence-corrected chi connectivity index (χ0v) is 14.9. The molecule has 0 spiro atoms. The minimum atomic E-state index is -3.11. The van der Waals surface area contributed by atoms with Crippen LogP contribution in [-0.2, 0) is 22.1 Å². The van der Waals surface area contributed by atoms with Crippen LogP contribution in [-0.4, -0.2) is 30.7 Å². The molecule has 1 N–H and O–H groups in total. The van der Waals surface area contributed by atoms with Crippen LogP contribution >= 0.6 is 0 Å². The van der Waals surface area contributed by atoms with Crippen molar-refractivity contribution in [3.63, 3.8) is 0 Å². The Morgan fingerprint density at radius 2 is 1.77 bits per heavy atom. The number of carbonyl (C=O) groups excluding carboxylic acids is 1. The molecule has 0 radical (unpaired) electrons. The van der Waals surface area contributed by atoms with Gasteiger partial charge < -0.3 is 9.84 Å². The molecular formula is C18H17N3O4S. The molecule has 0 atom stereocenters. The highest BCUT2D eigenvalue weighted by atomic mass is 32.2. The molecule has 0 saturated carbocycles. The minimum Gasteiger partial charge on any atom is -0.343 e. The zero-order valence-electron chi connectivity index (χ0n) is 14.0. The summed E-state index contributed by atoms with van der Waals surface area (Å²) >= 11 is 0. The second-order valence-electron chi connectivity index (χ2n) is 5.83. The van der Waals surface area contributed by atoms with E-state index in [1.165, 1.54) is 6.26 Å². The number of sulfone groups is 1. The Kier molecular flexibility index (Phi) is 5.13. The molecule has 0 aliphatic carbocycles. The molecule has 1 amide bonds. The standard InChI is InChI=1S/C18H17N3O4S/c1-26(23,24)12-13-7-9-15(10-8-13)18(22)19-11-16-20-17(21-25-16)14-5-3-2-4-6-14/h2-10H,11-12H2,1H3,(H,19,22). The van der Waals surface area contributed by atoms with Crippen molar-refractivity contribution in [1.82, 2.24) is 15.5 Å². The maximum absolute atomic E-state index is 12.2. The maximum Gasteiger partial charge on any atom is 0.251 e. The van der Waals surface area contributed by atoms with Gasteiger partial charge in [-0.15, -0.1) is 0 Å². The molecule has 0 aliphatic heterocycles. The average Bonchev–Trinajstić information content (AvgIpc) is 3.09. The first-order valence-electron chi connectivity index (χ1n) is 7.83. The van der Waals surface area contributed by atoms with Crippen molar-refractivity contribution in [2.75, 3.05) is 6.26 Å². The fraction of sp³-hybridized carbons (Fsp3) is 0.167. The molecule has 1 aromatic heterocycles. The lowest BCUT2D eigenvalue weighted by molar-refractivity contribution is 0.0946. The van der Waals surface area contributed by atoms with Crippen LogP contribution in [0.15, 0.2) is 59.1 Å². The van der Waals surface area contributed by atoms with Crippen molar-refractivity contribution in [3.05, 3.63) is 71.6 Å². The monoisotopic (exact) mass is 371 g/mol. The van der Waals surface area contributed by atoms with Crippen LogP contribution in [0.25, 0.3) is 11.4 Å². The molecule has 0 aliphatic rings. The van der Waals surface area contributed by atoms with Crippen molar-refractivity contribution >= 4 is 15.7 Å². The second-order valence-corrected chi connectivity index (χ2v) is 7.97. The van der Waals surface area contributed by atoms with E-state index in [9.17, 15) is 13.2 Å². The largest absolute Gasteiger partial charge is 0.343 e. The number of hydrogen-bond donors (Lipinski definition) is 1. The van der Waals surface area contributed by atoms with Gasteiger partial charge in [-0.3, -0.25) is 4.79 Å². The first-order valence-corrected chi connectivity index (χ1v) is 9.90. The highest BCUT2D eigenvalue weighted by molar-refractivity contribution is 7.89. The number of benzene rings is 2. The maximum atomic E-state index is 12.2. The van der Waals surface area contributed by atoms with E-state index in [-0.39, 0.29) is 18.2 Å². The van der Waals surface area contributed by atoms with Gasteiger partial charge in [-0.25, -0.2) is 8.42 Å².